The van der Waals surface area contributed by atoms with Crippen molar-refractivity contribution in [3.63, 3.8) is 0 Å². The molecule has 0 fully saturated rings. The van der Waals surface area contributed by atoms with Crippen LogP contribution < -0.4 is 10.5 Å². The van der Waals surface area contributed by atoms with Gasteiger partial charge in [-0.1, -0.05) is 15.9 Å². The number of anilines is 1. The van der Waals surface area contributed by atoms with Crippen molar-refractivity contribution in [1.82, 2.24) is 9.66 Å². The van der Waals surface area contributed by atoms with Gasteiger partial charge in [0.05, 0.1) is 25.2 Å². The molecule has 0 aliphatic rings. The van der Waals surface area contributed by atoms with Crippen LogP contribution in [0.15, 0.2) is 27.9 Å². The smallest absolute Gasteiger partial charge is 0.221 e. The normalized spacial score (nSPS) is 11.1. The monoisotopic (exact) mass is 324 g/mol. The van der Waals surface area contributed by atoms with Gasteiger partial charge in [0.1, 0.15) is 0 Å². The lowest BCUT2D eigenvalue weighted by Crippen LogP contribution is -1.97. The Morgan fingerprint density at radius 1 is 1.53 bits per heavy atom. The molecule has 0 amide bonds. The number of ether oxygens (including phenoxy) is 1. The molecule has 0 aliphatic heterocycles. The standard InChI is InChI=1S/C12H13BrN4O2/c1-7-6-17(12(14)16-7)15-5-8-3-9(13)4-10(19-2)11(8)18/h3-6,18H,1-2H3,(H2,14,16). The Balaban J connectivity index is 2.38. The Bertz CT molecular complexity index is 637. The van der Waals surface area contributed by atoms with Crippen molar-refractivity contribution in [3.05, 3.63) is 34.1 Å². The number of benzene rings is 1. The van der Waals surface area contributed by atoms with Crippen LogP contribution in [0.4, 0.5) is 5.95 Å². The van der Waals surface area contributed by atoms with Crippen LogP contribution in [0.3, 0.4) is 0 Å². The molecule has 7 heteroatoms. The molecule has 19 heavy (non-hydrogen) atoms. The fourth-order valence-corrected chi connectivity index (χ4v) is 2.02. The van der Waals surface area contributed by atoms with Gasteiger partial charge in [0.2, 0.25) is 5.95 Å². The minimum absolute atomic E-state index is 0.0184. The number of imidazole rings is 1. The van der Waals surface area contributed by atoms with E-state index in [9.17, 15) is 5.11 Å². The van der Waals surface area contributed by atoms with E-state index in [1.807, 2.05) is 6.92 Å². The first-order valence-corrected chi connectivity index (χ1v) is 6.23. The summed E-state index contributed by atoms with van der Waals surface area (Å²) in [5.41, 5.74) is 6.95. The molecule has 2 rings (SSSR count). The Kier molecular flexibility index (Phi) is 3.75. The summed E-state index contributed by atoms with van der Waals surface area (Å²) in [6.45, 7) is 1.82. The maximum atomic E-state index is 9.97. The molecule has 0 saturated carbocycles. The molecule has 0 aliphatic carbocycles. The number of aryl methyl sites for hydroxylation is 1. The molecule has 0 saturated heterocycles. The molecule has 1 heterocycles. The molecule has 0 unspecified atom stereocenters. The Hall–Kier alpha value is -2.02. The Morgan fingerprint density at radius 2 is 2.26 bits per heavy atom. The van der Waals surface area contributed by atoms with Crippen LogP contribution in [-0.2, 0) is 0 Å². The number of halogens is 1. The summed E-state index contributed by atoms with van der Waals surface area (Å²) >= 11 is 3.34. The molecule has 1 aromatic carbocycles. The first-order valence-electron chi connectivity index (χ1n) is 5.43. The molecule has 6 nitrogen and oxygen atoms in total. The highest BCUT2D eigenvalue weighted by atomic mass is 79.9. The molecule has 2 aromatic rings. The number of aromatic hydroxyl groups is 1. The van der Waals surface area contributed by atoms with E-state index in [0.717, 1.165) is 10.2 Å². The van der Waals surface area contributed by atoms with Gasteiger partial charge in [-0.05, 0) is 19.1 Å². The minimum Gasteiger partial charge on any atom is -0.504 e. The number of nitrogen functional groups attached to an aromatic ring is 1. The van der Waals surface area contributed by atoms with Crippen LogP contribution in [0.25, 0.3) is 0 Å². The molecular formula is C12H13BrN4O2. The topological polar surface area (TPSA) is 85.7 Å². The highest BCUT2D eigenvalue weighted by Gasteiger charge is 2.08. The van der Waals surface area contributed by atoms with Crippen LogP contribution in [-0.4, -0.2) is 28.1 Å². The maximum absolute atomic E-state index is 9.97. The SMILES string of the molecule is COc1cc(Br)cc(C=Nn2cc(C)nc2N)c1O. The minimum atomic E-state index is 0.0184. The lowest BCUT2D eigenvalue weighted by Gasteiger charge is -2.06. The van der Waals surface area contributed by atoms with E-state index in [4.69, 9.17) is 10.5 Å². The maximum Gasteiger partial charge on any atom is 0.221 e. The second-order valence-electron chi connectivity index (χ2n) is 3.88. The number of nitrogens with zero attached hydrogens (tertiary/aromatic N) is 3. The number of hydrogen-bond donors (Lipinski definition) is 2. The van der Waals surface area contributed by atoms with Crippen LogP contribution in [0.5, 0.6) is 11.5 Å². The first kappa shape index (κ1) is 13.4. The largest absolute Gasteiger partial charge is 0.504 e. The van der Waals surface area contributed by atoms with E-state index in [-0.39, 0.29) is 11.7 Å². The van der Waals surface area contributed by atoms with E-state index in [0.29, 0.717) is 11.3 Å². The second kappa shape index (κ2) is 5.31. The first-order chi connectivity index (χ1) is 9.01. The predicted octanol–water partition coefficient (Wildman–Crippen LogP) is 2.13. The summed E-state index contributed by atoms with van der Waals surface area (Å²) < 4.78 is 7.27. The molecule has 1 aromatic heterocycles. The molecule has 0 spiro atoms. The second-order valence-corrected chi connectivity index (χ2v) is 4.79. The molecule has 100 valence electrons. The van der Waals surface area contributed by atoms with E-state index in [2.05, 4.69) is 26.0 Å². The third kappa shape index (κ3) is 2.87. The number of nitrogens with two attached hydrogens (primary N) is 1. The zero-order valence-corrected chi connectivity index (χ0v) is 12.0. The van der Waals surface area contributed by atoms with Crippen molar-refractivity contribution < 1.29 is 9.84 Å². The van der Waals surface area contributed by atoms with Crippen LogP contribution in [0, 0.1) is 6.92 Å². The number of rotatable bonds is 3. The fourth-order valence-electron chi connectivity index (χ4n) is 1.57. The highest BCUT2D eigenvalue weighted by molar-refractivity contribution is 9.10. The number of phenols is 1. The molecule has 0 bridgehead atoms. The third-order valence-corrected chi connectivity index (χ3v) is 2.90. The Labute approximate surface area is 118 Å². The lowest BCUT2D eigenvalue weighted by atomic mass is 10.2. The van der Waals surface area contributed by atoms with Crippen molar-refractivity contribution >= 4 is 28.1 Å². The molecular weight excluding hydrogens is 312 g/mol. The number of hydrogen-bond acceptors (Lipinski definition) is 5. The van der Waals surface area contributed by atoms with Crippen LogP contribution >= 0.6 is 15.9 Å². The van der Waals surface area contributed by atoms with Gasteiger partial charge < -0.3 is 15.6 Å². The third-order valence-electron chi connectivity index (χ3n) is 2.45. The number of methoxy groups -OCH3 is 1. The van der Waals surface area contributed by atoms with E-state index in [1.165, 1.54) is 18.0 Å². The highest BCUT2D eigenvalue weighted by Crippen LogP contribution is 2.32. The molecule has 3 N–H and O–H groups in total. The van der Waals surface area contributed by atoms with Crippen LogP contribution in [0.2, 0.25) is 0 Å². The van der Waals surface area contributed by atoms with Crippen molar-refractivity contribution in [2.45, 2.75) is 6.92 Å². The van der Waals surface area contributed by atoms with Crippen LogP contribution in [0.1, 0.15) is 11.3 Å². The van der Waals surface area contributed by atoms with Crippen molar-refractivity contribution in [3.8, 4) is 11.5 Å². The van der Waals surface area contributed by atoms with Gasteiger partial charge in [0.25, 0.3) is 0 Å². The average Bonchev–Trinajstić information content (AvgIpc) is 2.68. The zero-order chi connectivity index (χ0) is 14.0. The summed E-state index contributed by atoms with van der Waals surface area (Å²) in [5, 5.41) is 14.1. The summed E-state index contributed by atoms with van der Waals surface area (Å²) in [7, 11) is 1.49. The van der Waals surface area contributed by atoms with Crippen molar-refractivity contribution in [1.29, 1.82) is 0 Å². The molecule has 0 radical (unpaired) electrons. The lowest BCUT2D eigenvalue weighted by molar-refractivity contribution is 0.373. The fraction of sp³-hybridized carbons (Fsp3) is 0.167. The summed E-state index contributed by atoms with van der Waals surface area (Å²) in [5.74, 6) is 0.672. The van der Waals surface area contributed by atoms with Gasteiger partial charge in [0, 0.05) is 10.0 Å². The average molecular weight is 325 g/mol. The van der Waals surface area contributed by atoms with E-state index < -0.39 is 0 Å². The van der Waals surface area contributed by atoms with Gasteiger partial charge in [-0.2, -0.15) is 5.10 Å². The Morgan fingerprint density at radius 3 is 2.84 bits per heavy atom. The van der Waals surface area contributed by atoms with Gasteiger partial charge in [0.15, 0.2) is 11.5 Å². The summed E-state index contributed by atoms with van der Waals surface area (Å²) in [6, 6.07) is 3.39. The zero-order valence-electron chi connectivity index (χ0n) is 10.5. The van der Waals surface area contributed by atoms with Gasteiger partial charge in [-0.25, -0.2) is 9.66 Å². The van der Waals surface area contributed by atoms with E-state index >= 15 is 0 Å². The predicted molar refractivity (Wildman–Crippen MR) is 76.7 cm³/mol. The van der Waals surface area contributed by atoms with Crippen molar-refractivity contribution in [2.24, 2.45) is 5.10 Å². The summed E-state index contributed by atoms with van der Waals surface area (Å²) in [6.07, 6.45) is 3.18. The molecule has 0 atom stereocenters. The van der Waals surface area contributed by atoms with Gasteiger partial charge in [-0.3, -0.25) is 0 Å². The number of phenolic OH excluding ortho intramolecular Hbond substituents is 1. The quantitative estimate of drug-likeness (QED) is 0.847. The van der Waals surface area contributed by atoms with Crippen molar-refractivity contribution in [2.75, 3.05) is 12.8 Å². The van der Waals surface area contributed by atoms with Gasteiger partial charge in [-0.15, -0.1) is 0 Å². The summed E-state index contributed by atoms with van der Waals surface area (Å²) in [4.78, 5) is 4.03. The van der Waals surface area contributed by atoms with E-state index in [1.54, 1.807) is 18.3 Å². The number of aromatic nitrogens is 2. The van der Waals surface area contributed by atoms with Gasteiger partial charge >= 0.3 is 0 Å².